The first-order valence-corrected chi connectivity index (χ1v) is 10.9. The third-order valence-electron chi connectivity index (χ3n) is 5.48. The van der Waals surface area contributed by atoms with E-state index >= 15 is 0 Å². The number of nitrogens with zero attached hydrogens (tertiary/aromatic N) is 4. The van der Waals surface area contributed by atoms with E-state index in [1.165, 1.54) is 37.1 Å². The number of halogens is 2. The van der Waals surface area contributed by atoms with Crippen molar-refractivity contribution in [2.45, 2.75) is 6.92 Å². The van der Waals surface area contributed by atoms with Gasteiger partial charge in [-0.3, -0.25) is 19.5 Å². The minimum absolute atomic E-state index is 0.0942. The van der Waals surface area contributed by atoms with Crippen LogP contribution in [0.4, 0.5) is 17.3 Å². The number of hydrogen-bond acceptors (Lipinski definition) is 8. The van der Waals surface area contributed by atoms with E-state index < -0.39 is 10.5 Å². The number of rotatable bonds is 6. The first-order chi connectivity index (χ1) is 16.7. The van der Waals surface area contributed by atoms with E-state index in [1.54, 1.807) is 32.2 Å². The van der Waals surface area contributed by atoms with Crippen LogP contribution in [-0.4, -0.2) is 33.7 Å². The topological polar surface area (TPSA) is 121 Å². The van der Waals surface area contributed by atoms with Crippen molar-refractivity contribution in [1.82, 2.24) is 14.5 Å². The molecule has 2 aromatic carbocycles. The van der Waals surface area contributed by atoms with E-state index in [1.807, 2.05) is 0 Å². The summed E-state index contributed by atoms with van der Waals surface area (Å²) in [5.41, 5.74) is 1.12. The fraction of sp³-hybridized carbons (Fsp3) is 0.174. The summed E-state index contributed by atoms with van der Waals surface area (Å²) in [6.07, 6.45) is 1.50. The first-order valence-electron chi connectivity index (χ1n) is 10.2. The Morgan fingerprint density at radius 1 is 1.11 bits per heavy atom. The number of para-hydroxylation sites is 1. The Balaban J connectivity index is 1.88. The highest BCUT2D eigenvalue weighted by Crippen LogP contribution is 2.45. The summed E-state index contributed by atoms with van der Waals surface area (Å²) in [5.74, 6) is 0.679. The number of methoxy groups -OCH3 is 2. The second-order valence-electron chi connectivity index (χ2n) is 7.53. The van der Waals surface area contributed by atoms with E-state index in [0.717, 1.165) is 0 Å². The number of aryl methyl sites for hydroxylation is 2. The number of hydrogen-bond donors (Lipinski definition) is 1. The SMILES string of the molecule is COc1cc(OC)c(Cl)c(-c2cc3cnc(Nc4c(C)cccc4[N+](=O)[O-])nc3n(C)c2=O)c1Cl. The van der Waals surface area contributed by atoms with Gasteiger partial charge in [0.1, 0.15) is 22.8 Å². The largest absolute Gasteiger partial charge is 0.495 e. The fourth-order valence-corrected chi connectivity index (χ4v) is 4.39. The van der Waals surface area contributed by atoms with E-state index in [-0.39, 0.29) is 38.5 Å². The molecule has 0 spiro atoms. The second-order valence-corrected chi connectivity index (χ2v) is 8.29. The van der Waals surface area contributed by atoms with Crippen LogP contribution >= 0.6 is 23.2 Å². The number of pyridine rings is 1. The van der Waals surface area contributed by atoms with Gasteiger partial charge in [-0.15, -0.1) is 0 Å². The summed E-state index contributed by atoms with van der Waals surface area (Å²) < 4.78 is 11.9. The van der Waals surface area contributed by atoms with E-state index in [4.69, 9.17) is 32.7 Å². The van der Waals surface area contributed by atoms with Gasteiger partial charge in [-0.05, 0) is 18.6 Å². The molecular formula is C23H19Cl2N5O5. The number of aromatic nitrogens is 3. The van der Waals surface area contributed by atoms with Crippen molar-refractivity contribution in [2.75, 3.05) is 19.5 Å². The smallest absolute Gasteiger partial charge is 0.293 e. The molecule has 0 saturated heterocycles. The number of ether oxygens (including phenoxy) is 2. The standard InChI is InChI=1S/C23H19Cl2N5O5/c1-11-6-5-7-14(30(32)33)20(11)27-23-26-10-12-8-13(22(31)29(2)21(12)28-23)17-18(24)15(34-3)9-16(35-4)19(17)25/h5-10H,1-4H3,(H,26,27,28). The Morgan fingerprint density at radius 3 is 2.37 bits per heavy atom. The van der Waals surface area contributed by atoms with Gasteiger partial charge in [0.25, 0.3) is 11.2 Å². The van der Waals surface area contributed by atoms with Gasteiger partial charge in [0, 0.05) is 36.3 Å². The fourth-order valence-electron chi connectivity index (χ4n) is 3.69. The molecule has 0 radical (unpaired) electrons. The third kappa shape index (κ3) is 4.22. The highest BCUT2D eigenvalue weighted by atomic mass is 35.5. The molecule has 0 saturated carbocycles. The van der Waals surface area contributed by atoms with Crippen LogP contribution in [0, 0.1) is 17.0 Å². The molecular weight excluding hydrogens is 497 g/mol. The van der Waals surface area contributed by atoms with E-state index in [2.05, 4.69) is 15.3 Å². The van der Waals surface area contributed by atoms with Crippen LogP contribution in [0.25, 0.3) is 22.2 Å². The van der Waals surface area contributed by atoms with Crippen LogP contribution in [0.3, 0.4) is 0 Å². The van der Waals surface area contributed by atoms with Gasteiger partial charge in [-0.2, -0.15) is 4.98 Å². The van der Waals surface area contributed by atoms with Crippen LogP contribution in [0.2, 0.25) is 10.0 Å². The van der Waals surface area contributed by atoms with Crippen molar-refractivity contribution in [2.24, 2.45) is 7.05 Å². The van der Waals surface area contributed by atoms with Crippen molar-refractivity contribution in [3.8, 4) is 22.6 Å². The molecule has 0 aliphatic rings. The summed E-state index contributed by atoms with van der Waals surface area (Å²) in [6.45, 7) is 1.73. The highest BCUT2D eigenvalue weighted by Gasteiger charge is 2.23. The van der Waals surface area contributed by atoms with Gasteiger partial charge < -0.3 is 14.8 Å². The van der Waals surface area contributed by atoms with Crippen LogP contribution in [0.15, 0.2) is 41.3 Å². The molecule has 1 N–H and O–H groups in total. The quantitative estimate of drug-likeness (QED) is 0.271. The monoisotopic (exact) mass is 515 g/mol. The lowest BCUT2D eigenvalue weighted by molar-refractivity contribution is -0.384. The van der Waals surface area contributed by atoms with Crippen molar-refractivity contribution < 1.29 is 14.4 Å². The zero-order valence-corrected chi connectivity index (χ0v) is 20.6. The van der Waals surface area contributed by atoms with Gasteiger partial charge in [0.05, 0.1) is 34.8 Å². The third-order valence-corrected chi connectivity index (χ3v) is 6.23. The zero-order valence-electron chi connectivity index (χ0n) is 19.1. The van der Waals surface area contributed by atoms with Gasteiger partial charge in [-0.1, -0.05) is 35.3 Å². The molecule has 0 amide bonds. The molecule has 0 bridgehead atoms. The Labute approximate surface area is 209 Å². The molecule has 12 heteroatoms. The summed E-state index contributed by atoms with van der Waals surface area (Å²) in [4.78, 5) is 33.0. The number of fused-ring (bicyclic) bond motifs is 1. The summed E-state index contributed by atoms with van der Waals surface area (Å²) in [5, 5.41) is 15.2. The number of nitro groups is 1. The summed E-state index contributed by atoms with van der Waals surface area (Å²) in [6, 6.07) is 7.81. The molecule has 2 heterocycles. The number of benzene rings is 2. The number of nitrogens with one attached hydrogen (secondary N) is 1. The number of anilines is 2. The minimum Gasteiger partial charge on any atom is -0.495 e. The average Bonchev–Trinajstić information content (AvgIpc) is 2.83. The Morgan fingerprint density at radius 2 is 1.77 bits per heavy atom. The molecule has 0 aliphatic heterocycles. The van der Waals surface area contributed by atoms with Gasteiger partial charge in [0.15, 0.2) is 0 Å². The van der Waals surface area contributed by atoms with Crippen molar-refractivity contribution >= 4 is 51.6 Å². The van der Waals surface area contributed by atoms with Gasteiger partial charge in [-0.25, -0.2) is 4.98 Å². The molecule has 4 rings (SSSR count). The van der Waals surface area contributed by atoms with Crippen LogP contribution in [0.5, 0.6) is 11.5 Å². The Kier molecular flexibility index (Phi) is 6.51. The van der Waals surface area contributed by atoms with Crippen LogP contribution in [0.1, 0.15) is 5.56 Å². The van der Waals surface area contributed by atoms with Gasteiger partial charge >= 0.3 is 0 Å². The lowest BCUT2D eigenvalue weighted by Gasteiger charge is -2.16. The molecule has 0 aliphatic carbocycles. The predicted octanol–water partition coefficient (Wildman–Crippen LogP) is 5.28. The highest BCUT2D eigenvalue weighted by molar-refractivity contribution is 6.41. The van der Waals surface area contributed by atoms with Crippen molar-refractivity contribution in [3.63, 3.8) is 0 Å². The maximum Gasteiger partial charge on any atom is 0.293 e. The molecule has 0 fully saturated rings. The second kappa shape index (κ2) is 9.40. The molecule has 10 nitrogen and oxygen atoms in total. The lowest BCUT2D eigenvalue weighted by Crippen LogP contribution is -2.20. The van der Waals surface area contributed by atoms with Crippen LogP contribution < -0.4 is 20.3 Å². The summed E-state index contributed by atoms with van der Waals surface area (Å²) in [7, 11) is 4.43. The molecule has 4 aromatic rings. The lowest BCUT2D eigenvalue weighted by atomic mass is 10.0. The normalized spacial score (nSPS) is 10.9. The first kappa shape index (κ1) is 24.2. The van der Waals surface area contributed by atoms with E-state index in [9.17, 15) is 14.9 Å². The molecule has 2 aromatic heterocycles. The molecule has 0 atom stereocenters. The molecule has 0 unspecified atom stereocenters. The minimum atomic E-state index is -0.492. The summed E-state index contributed by atoms with van der Waals surface area (Å²) >= 11 is 13.0. The van der Waals surface area contributed by atoms with Gasteiger partial charge in [0.2, 0.25) is 5.95 Å². The maximum atomic E-state index is 13.3. The zero-order chi connectivity index (χ0) is 25.4. The Hall–Kier alpha value is -3.89. The van der Waals surface area contributed by atoms with Crippen molar-refractivity contribution in [3.05, 3.63) is 72.6 Å². The van der Waals surface area contributed by atoms with Crippen molar-refractivity contribution in [1.29, 1.82) is 0 Å². The number of nitro benzene ring substituents is 1. The Bertz CT molecular complexity index is 1530. The average molecular weight is 516 g/mol. The maximum absolute atomic E-state index is 13.3. The predicted molar refractivity (Wildman–Crippen MR) is 134 cm³/mol. The van der Waals surface area contributed by atoms with Crippen LogP contribution in [-0.2, 0) is 7.05 Å². The van der Waals surface area contributed by atoms with E-state index in [0.29, 0.717) is 28.1 Å². The molecule has 180 valence electrons. The molecule has 35 heavy (non-hydrogen) atoms.